The third-order valence-electron chi connectivity index (χ3n) is 3.38. The summed E-state index contributed by atoms with van der Waals surface area (Å²) in [7, 11) is 0. The molecule has 2 rings (SSSR count). The van der Waals surface area contributed by atoms with Crippen LogP contribution in [0.15, 0.2) is 6.07 Å². The van der Waals surface area contributed by atoms with Crippen LogP contribution in [0.2, 0.25) is 5.02 Å². The van der Waals surface area contributed by atoms with Crippen molar-refractivity contribution in [2.75, 3.05) is 0 Å². The number of rotatable bonds is 2. The molecule has 0 aromatic heterocycles. The number of aliphatic carboxylic acids is 1. The predicted octanol–water partition coefficient (Wildman–Crippen LogP) is 3.21. The van der Waals surface area contributed by atoms with E-state index in [4.69, 9.17) is 11.6 Å². The van der Waals surface area contributed by atoms with Crippen molar-refractivity contribution in [1.82, 2.24) is 0 Å². The fourth-order valence-corrected chi connectivity index (χ4v) is 2.48. The lowest BCUT2D eigenvalue weighted by Crippen LogP contribution is -2.22. The summed E-state index contributed by atoms with van der Waals surface area (Å²) in [6.07, 6.45) is 1.07. The van der Waals surface area contributed by atoms with Gasteiger partial charge in [-0.1, -0.05) is 11.6 Å². The van der Waals surface area contributed by atoms with E-state index in [1.54, 1.807) is 13.8 Å². The van der Waals surface area contributed by atoms with Crippen molar-refractivity contribution in [3.05, 3.63) is 33.6 Å². The van der Waals surface area contributed by atoms with Gasteiger partial charge in [-0.3, -0.25) is 4.79 Å². The zero-order valence-electron chi connectivity index (χ0n) is 9.10. The Hall–Kier alpha value is -1.09. The van der Waals surface area contributed by atoms with E-state index in [2.05, 4.69) is 0 Å². The molecule has 0 atom stereocenters. The van der Waals surface area contributed by atoms with Gasteiger partial charge in [0, 0.05) is 0 Å². The van der Waals surface area contributed by atoms with E-state index in [0.717, 1.165) is 11.1 Å². The molecule has 1 N–H and O–H groups in total. The van der Waals surface area contributed by atoms with Crippen LogP contribution in [-0.2, 0) is 10.2 Å². The first-order valence-electron chi connectivity index (χ1n) is 5.09. The summed E-state index contributed by atoms with van der Waals surface area (Å²) in [5.74, 6) is -1.45. The molecular weight excluding hydrogens is 231 g/mol. The molecule has 0 heterocycles. The smallest absolute Gasteiger partial charge is 0.314 e. The number of halogens is 2. The molecule has 1 aliphatic rings. The maximum absolute atomic E-state index is 13.5. The Morgan fingerprint density at radius 1 is 1.50 bits per heavy atom. The molecule has 0 amide bonds. The van der Waals surface area contributed by atoms with E-state index in [9.17, 15) is 14.3 Å². The van der Waals surface area contributed by atoms with Crippen LogP contribution in [-0.4, -0.2) is 11.1 Å². The monoisotopic (exact) mass is 242 g/mol. The van der Waals surface area contributed by atoms with Crippen molar-refractivity contribution < 1.29 is 14.3 Å². The molecule has 1 aromatic rings. The van der Waals surface area contributed by atoms with Crippen LogP contribution in [0, 0.1) is 19.7 Å². The van der Waals surface area contributed by atoms with E-state index < -0.39 is 17.2 Å². The summed E-state index contributed by atoms with van der Waals surface area (Å²) in [6.45, 7) is 3.55. The molecule has 1 aliphatic carbocycles. The number of hydrogen-bond acceptors (Lipinski definition) is 1. The van der Waals surface area contributed by atoms with E-state index in [0.29, 0.717) is 18.4 Å². The van der Waals surface area contributed by atoms with Crippen LogP contribution in [0.25, 0.3) is 0 Å². The topological polar surface area (TPSA) is 37.3 Å². The third-order valence-corrected chi connectivity index (χ3v) is 3.75. The first-order valence-corrected chi connectivity index (χ1v) is 5.47. The standard InChI is InChI=1S/C12H12ClFO2/c1-6-5-8(14)10(13)9(7(6)2)12(3-4-12)11(15)16/h5H,3-4H2,1-2H3,(H,15,16). The van der Waals surface area contributed by atoms with Gasteiger partial charge in [0.1, 0.15) is 5.82 Å². The number of aryl methyl sites for hydroxylation is 1. The minimum atomic E-state index is -0.950. The maximum Gasteiger partial charge on any atom is 0.314 e. The summed E-state index contributed by atoms with van der Waals surface area (Å²) in [5, 5.41) is 9.17. The van der Waals surface area contributed by atoms with Crippen molar-refractivity contribution in [2.45, 2.75) is 32.1 Å². The molecule has 0 unspecified atom stereocenters. The lowest BCUT2D eigenvalue weighted by Gasteiger charge is -2.17. The molecule has 0 saturated heterocycles. The first kappa shape index (κ1) is 11.4. The SMILES string of the molecule is Cc1cc(F)c(Cl)c(C2(C(=O)O)CC2)c1C. The summed E-state index contributed by atoms with van der Waals surface area (Å²) < 4.78 is 13.5. The molecule has 0 radical (unpaired) electrons. The second-order valence-corrected chi connectivity index (χ2v) is 4.75. The zero-order valence-corrected chi connectivity index (χ0v) is 9.86. The highest BCUT2D eigenvalue weighted by Crippen LogP contribution is 2.52. The van der Waals surface area contributed by atoms with E-state index >= 15 is 0 Å². The molecule has 1 aromatic carbocycles. The van der Waals surface area contributed by atoms with Crippen LogP contribution in [0.5, 0.6) is 0 Å². The Morgan fingerprint density at radius 3 is 2.50 bits per heavy atom. The molecular formula is C12H12ClFO2. The van der Waals surface area contributed by atoms with Crippen LogP contribution in [0.3, 0.4) is 0 Å². The fraction of sp³-hybridized carbons (Fsp3) is 0.417. The highest BCUT2D eigenvalue weighted by atomic mass is 35.5. The molecule has 1 saturated carbocycles. The van der Waals surface area contributed by atoms with Gasteiger partial charge >= 0.3 is 5.97 Å². The summed E-state index contributed by atoms with van der Waals surface area (Å²) in [5.41, 5.74) is 1.03. The summed E-state index contributed by atoms with van der Waals surface area (Å²) in [6, 6.07) is 1.35. The molecule has 0 bridgehead atoms. The predicted molar refractivity (Wildman–Crippen MR) is 59.4 cm³/mol. The average Bonchev–Trinajstić information content (AvgIpc) is 2.97. The van der Waals surface area contributed by atoms with Gasteiger partial charge < -0.3 is 5.11 Å². The highest BCUT2D eigenvalue weighted by Gasteiger charge is 2.54. The lowest BCUT2D eigenvalue weighted by molar-refractivity contribution is -0.140. The Morgan fingerprint density at radius 2 is 2.06 bits per heavy atom. The van der Waals surface area contributed by atoms with E-state index in [-0.39, 0.29) is 5.02 Å². The van der Waals surface area contributed by atoms with E-state index in [1.165, 1.54) is 6.07 Å². The number of carboxylic acid groups (broad SMARTS) is 1. The van der Waals surface area contributed by atoms with Crippen molar-refractivity contribution in [2.24, 2.45) is 0 Å². The number of carboxylic acids is 1. The van der Waals surface area contributed by atoms with Crippen molar-refractivity contribution in [1.29, 1.82) is 0 Å². The van der Waals surface area contributed by atoms with Crippen molar-refractivity contribution >= 4 is 17.6 Å². The third kappa shape index (κ3) is 1.42. The number of hydrogen-bond donors (Lipinski definition) is 1. The summed E-state index contributed by atoms with van der Waals surface area (Å²) >= 11 is 5.90. The molecule has 2 nitrogen and oxygen atoms in total. The zero-order chi connectivity index (χ0) is 12.1. The minimum Gasteiger partial charge on any atom is -0.481 e. The Bertz CT molecular complexity index is 452. The van der Waals surface area contributed by atoms with Gasteiger partial charge in [-0.15, -0.1) is 0 Å². The van der Waals surface area contributed by atoms with Crippen molar-refractivity contribution in [3.63, 3.8) is 0 Å². The molecule has 0 spiro atoms. The highest BCUT2D eigenvalue weighted by molar-refractivity contribution is 6.32. The van der Waals surface area contributed by atoms with Crippen LogP contribution < -0.4 is 0 Å². The minimum absolute atomic E-state index is 0.0389. The normalized spacial score (nSPS) is 17.2. The Kier molecular flexibility index (Phi) is 2.46. The van der Waals surface area contributed by atoms with Gasteiger partial charge in [0.25, 0.3) is 0 Å². The van der Waals surface area contributed by atoms with Gasteiger partial charge in [-0.25, -0.2) is 4.39 Å². The van der Waals surface area contributed by atoms with Crippen LogP contribution in [0.4, 0.5) is 4.39 Å². The quantitative estimate of drug-likeness (QED) is 0.865. The number of benzene rings is 1. The average molecular weight is 243 g/mol. The second-order valence-electron chi connectivity index (χ2n) is 4.38. The molecule has 86 valence electrons. The van der Waals surface area contributed by atoms with Crippen LogP contribution in [0.1, 0.15) is 29.5 Å². The largest absolute Gasteiger partial charge is 0.481 e. The molecule has 0 aliphatic heterocycles. The molecule has 1 fully saturated rings. The van der Waals surface area contributed by atoms with Gasteiger partial charge in [0.2, 0.25) is 0 Å². The number of carbonyl (C=O) groups is 1. The molecule has 4 heteroatoms. The van der Waals surface area contributed by atoms with Gasteiger partial charge in [0.05, 0.1) is 10.4 Å². The van der Waals surface area contributed by atoms with Crippen molar-refractivity contribution in [3.8, 4) is 0 Å². The first-order chi connectivity index (χ1) is 7.40. The lowest BCUT2D eigenvalue weighted by atomic mass is 9.89. The van der Waals surface area contributed by atoms with Gasteiger partial charge in [-0.2, -0.15) is 0 Å². The van der Waals surface area contributed by atoms with Crippen LogP contribution >= 0.6 is 11.6 Å². The summed E-state index contributed by atoms with van der Waals surface area (Å²) in [4.78, 5) is 11.2. The second kappa shape index (κ2) is 3.45. The van der Waals surface area contributed by atoms with Gasteiger partial charge in [-0.05, 0) is 49.4 Å². The van der Waals surface area contributed by atoms with E-state index in [1.807, 2.05) is 0 Å². The maximum atomic E-state index is 13.5. The Balaban J connectivity index is 2.70. The fourth-order valence-electron chi connectivity index (χ4n) is 2.11. The molecule has 16 heavy (non-hydrogen) atoms. The van der Waals surface area contributed by atoms with Gasteiger partial charge in [0.15, 0.2) is 0 Å². The Labute approximate surface area is 98.0 Å².